The summed E-state index contributed by atoms with van der Waals surface area (Å²) in [6.07, 6.45) is 6.31. The van der Waals surface area contributed by atoms with Gasteiger partial charge in [0, 0.05) is 42.6 Å². The minimum atomic E-state index is -0.344. The Morgan fingerprint density at radius 1 is 1.04 bits per heavy atom. The number of benzene rings is 1. The number of carbonyl (C=O) groups excluding carboxylic acids is 2. The second kappa shape index (κ2) is 10.4. The van der Waals surface area contributed by atoms with E-state index in [0.717, 1.165) is 56.6 Å². The Morgan fingerprint density at radius 2 is 1.64 bits per heavy atom. The number of hydroxylamine groups is 1. The molecule has 5 nitrogen and oxygen atoms in total. The van der Waals surface area contributed by atoms with Gasteiger partial charge in [-0.15, -0.1) is 0 Å². The third kappa shape index (κ3) is 6.67. The summed E-state index contributed by atoms with van der Waals surface area (Å²) in [6, 6.07) is 7.86. The summed E-state index contributed by atoms with van der Waals surface area (Å²) in [5.41, 5.74) is 2.80. The predicted molar refractivity (Wildman–Crippen MR) is 99.0 cm³/mol. The number of hydrogen-bond acceptors (Lipinski definition) is 4. The zero-order chi connectivity index (χ0) is 18.1. The van der Waals surface area contributed by atoms with E-state index in [-0.39, 0.29) is 11.8 Å². The highest BCUT2D eigenvalue weighted by atomic mass is 35.5. The van der Waals surface area contributed by atoms with E-state index in [1.165, 1.54) is 5.69 Å². The summed E-state index contributed by atoms with van der Waals surface area (Å²) in [5, 5.41) is 9.15. The minimum Gasteiger partial charge on any atom is -0.371 e. The second-order valence-electron chi connectivity index (χ2n) is 6.65. The number of hydrogen-bond donors (Lipinski definition) is 2. The molecular formula is C19H27ClN2O3. The number of carbonyl (C=O) groups is 2. The highest BCUT2D eigenvalue weighted by Gasteiger charge is 2.24. The number of ketones is 1. The summed E-state index contributed by atoms with van der Waals surface area (Å²) >= 11 is 5.92. The first-order chi connectivity index (χ1) is 12.1. The van der Waals surface area contributed by atoms with Crippen LogP contribution in [-0.2, 0) is 9.59 Å². The third-order valence-electron chi connectivity index (χ3n) is 4.84. The van der Waals surface area contributed by atoms with Crippen LogP contribution in [0.25, 0.3) is 0 Å². The van der Waals surface area contributed by atoms with Gasteiger partial charge in [-0.05, 0) is 49.9 Å². The Balaban J connectivity index is 1.61. The van der Waals surface area contributed by atoms with Crippen LogP contribution in [0.1, 0.15) is 51.4 Å². The van der Waals surface area contributed by atoms with Gasteiger partial charge in [0.2, 0.25) is 5.91 Å². The van der Waals surface area contributed by atoms with E-state index in [1.54, 1.807) is 5.48 Å². The maximum absolute atomic E-state index is 12.3. The van der Waals surface area contributed by atoms with Gasteiger partial charge in [-0.3, -0.25) is 14.8 Å². The summed E-state index contributed by atoms with van der Waals surface area (Å²) in [7, 11) is 0. The normalized spacial score (nSPS) is 15.2. The predicted octanol–water partition coefficient (Wildman–Crippen LogP) is 3.97. The Morgan fingerprint density at radius 3 is 2.24 bits per heavy atom. The summed E-state index contributed by atoms with van der Waals surface area (Å²) in [6.45, 7) is 1.82. The van der Waals surface area contributed by atoms with Gasteiger partial charge in [0.25, 0.3) is 0 Å². The number of Topliss-reactive ketones (excluding diaryl/α,β-unsaturated/α-hetero) is 1. The number of halogens is 1. The topological polar surface area (TPSA) is 69.6 Å². The molecule has 0 radical (unpaired) electrons. The molecule has 1 fully saturated rings. The largest absolute Gasteiger partial charge is 0.371 e. The lowest BCUT2D eigenvalue weighted by molar-refractivity contribution is -0.129. The van der Waals surface area contributed by atoms with Crippen molar-refractivity contribution in [2.24, 2.45) is 5.92 Å². The number of nitrogens with zero attached hydrogens (tertiary/aromatic N) is 1. The highest BCUT2D eigenvalue weighted by Crippen LogP contribution is 2.26. The van der Waals surface area contributed by atoms with E-state index in [0.29, 0.717) is 18.6 Å². The van der Waals surface area contributed by atoms with Crippen molar-refractivity contribution < 1.29 is 14.8 Å². The maximum atomic E-state index is 12.3. The second-order valence-corrected chi connectivity index (χ2v) is 7.09. The van der Waals surface area contributed by atoms with Crippen LogP contribution in [0.3, 0.4) is 0 Å². The van der Waals surface area contributed by atoms with Crippen molar-refractivity contribution in [3.63, 3.8) is 0 Å². The van der Waals surface area contributed by atoms with Gasteiger partial charge in [0.15, 0.2) is 0 Å². The monoisotopic (exact) mass is 366 g/mol. The summed E-state index contributed by atoms with van der Waals surface area (Å²) in [5.74, 6) is 0.219. The van der Waals surface area contributed by atoms with Gasteiger partial charge >= 0.3 is 0 Å². The van der Waals surface area contributed by atoms with Gasteiger partial charge in [-0.2, -0.15) is 0 Å². The number of rotatable bonds is 9. The molecule has 138 valence electrons. The van der Waals surface area contributed by atoms with E-state index in [4.69, 9.17) is 16.8 Å². The molecule has 0 atom stereocenters. The molecule has 1 aromatic rings. The SMILES string of the molecule is O=C(CCCCCCC(=O)C1CCN(c2ccc(Cl)cc2)CC1)NO. The van der Waals surface area contributed by atoms with Crippen LogP contribution >= 0.6 is 11.6 Å². The van der Waals surface area contributed by atoms with Gasteiger partial charge in [-0.1, -0.05) is 24.4 Å². The molecule has 25 heavy (non-hydrogen) atoms. The van der Waals surface area contributed by atoms with Gasteiger partial charge in [0.1, 0.15) is 5.78 Å². The van der Waals surface area contributed by atoms with E-state index in [9.17, 15) is 9.59 Å². The fourth-order valence-electron chi connectivity index (χ4n) is 3.31. The molecule has 1 amide bonds. The first kappa shape index (κ1) is 19.7. The van der Waals surface area contributed by atoms with Crippen molar-refractivity contribution in [3.05, 3.63) is 29.3 Å². The maximum Gasteiger partial charge on any atom is 0.243 e. The number of unbranched alkanes of at least 4 members (excludes halogenated alkanes) is 3. The molecule has 1 heterocycles. The Hall–Kier alpha value is -1.59. The highest BCUT2D eigenvalue weighted by molar-refractivity contribution is 6.30. The molecule has 6 heteroatoms. The smallest absolute Gasteiger partial charge is 0.243 e. The average Bonchev–Trinajstić information content (AvgIpc) is 2.65. The molecule has 1 aliphatic rings. The number of piperidine rings is 1. The molecule has 0 bridgehead atoms. The standard InChI is InChI=1S/C19H27ClN2O3/c20-16-7-9-17(10-8-16)22-13-11-15(12-14-22)18(23)5-3-1-2-4-6-19(24)21-25/h7-10,15,25H,1-6,11-14H2,(H,21,24). The van der Waals surface area contributed by atoms with E-state index in [2.05, 4.69) is 4.90 Å². The molecule has 2 N–H and O–H groups in total. The van der Waals surface area contributed by atoms with Crippen LogP contribution in [0, 0.1) is 5.92 Å². The summed E-state index contributed by atoms with van der Waals surface area (Å²) in [4.78, 5) is 25.5. The quantitative estimate of drug-likeness (QED) is 0.394. The average molecular weight is 367 g/mol. The molecule has 0 spiro atoms. The molecule has 0 aliphatic carbocycles. The lowest BCUT2D eigenvalue weighted by Crippen LogP contribution is -2.36. The minimum absolute atomic E-state index is 0.184. The third-order valence-corrected chi connectivity index (χ3v) is 5.10. The van der Waals surface area contributed by atoms with Crippen molar-refractivity contribution in [2.45, 2.75) is 51.4 Å². The molecule has 0 aromatic heterocycles. The first-order valence-corrected chi connectivity index (χ1v) is 9.44. The van der Waals surface area contributed by atoms with E-state index < -0.39 is 0 Å². The Kier molecular flexibility index (Phi) is 8.22. The molecule has 1 aromatic carbocycles. The van der Waals surface area contributed by atoms with E-state index >= 15 is 0 Å². The van der Waals surface area contributed by atoms with Crippen LogP contribution in [0.4, 0.5) is 5.69 Å². The number of nitrogens with one attached hydrogen (secondary N) is 1. The van der Waals surface area contributed by atoms with Crippen molar-refractivity contribution >= 4 is 29.0 Å². The molecule has 1 saturated heterocycles. The molecule has 0 unspecified atom stereocenters. The van der Waals surface area contributed by atoms with Gasteiger partial charge in [-0.25, -0.2) is 5.48 Å². The number of amides is 1. The molecule has 0 saturated carbocycles. The van der Waals surface area contributed by atoms with Gasteiger partial charge in [0.05, 0.1) is 0 Å². The van der Waals surface area contributed by atoms with Crippen molar-refractivity contribution in [1.82, 2.24) is 5.48 Å². The number of anilines is 1. The fraction of sp³-hybridized carbons (Fsp3) is 0.579. The zero-order valence-electron chi connectivity index (χ0n) is 14.5. The Bertz CT molecular complexity index is 554. The Labute approximate surface area is 154 Å². The van der Waals surface area contributed by atoms with Gasteiger partial charge < -0.3 is 4.90 Å². The fourth-order valence-corrected chi connectivity index (χ4v) is 3.44. The lowest BCUT2D eigenvalue weighted by atomic mass is 9.89. The first-order valence-electron chi connectivity index (χ1n) is 9.06. The molecular weight excluding hydrogens is 340 g/mol. The van der Waals surface area contributed by atoms with Crippen molar-refractivity contribution in [2.75, 3.05) is 18.0 Å². The van der Waals surface area contributed by atoms with Crippen LogP contribution < -0.4 is 10.4 Å². The van der Waals surface area contributed by atoms with Crippen LogP contribution in [-0.4, -0.2) is 30.0 Å². The lowest BCUT2D eigenvalue weighted by Gasteiger charge is -2.33. The van der Waals surface area contributed by atoms with Crippen LogP contribution in [0.5, 0.6) is 0 Å². The van der Waals surface area contributed by atoms with Crippen LogP contribution in [0.2, 0.25) is 5.02 Å². The van der Waals surface area contributed by atoms with Crippen molar-refractivity contribution in [3.8, 4) is 0 Å². The van der Waals surface area contributed by atoms with Crippen molar-refractivity contribution in [1.29, 1.82) is 0 Å². The summed E-state index contributed by atoms with van der Waals surface area (Å²) < 4.78 is 0. The molecule has 2 rings (SSSR count). The zero-order valence-corrected chi connectivity index (χ0v) is 15.3. The molecule has 1 aliphatic heterocycles. The van der Waals surface area contributed by atoms with E-state index in [1.807, 2.05) is 24.3 Å². The van der Waals surface area contributed by atoms with Crippen LogP contribution in [0.15, 0.2) is 24.3 Å².